The molecule has 3 nitrogen and oxygen atoms in total. The molecule has 0 saturated heterocycles. The molecule has 0 fully saturated rings. The Bertz CT molecular complexity index is 312. The predicted molar refractivity (Wildman–Crippen MR) is 48.3 cm³/mol. The Hall–Kier alpha value is -1.53. The molecular weight excluding hydrogens is 150 g/mol. The molecular formula is C9H11N3. The van der Waals surface area contributed by atoms with Gasteiger partial charge in [-0.25, -0.2) is 0 Å². The second-order valence-electron chi connectivity index (χ2n) is 2.57. The van der Waals surface area contributed by atoms with Gasteiger partial charge in [0.05, 0.1) is 11.6 Å². The van der Waals surface area contributed by atoms with E-state index in [4.69, 9.17) is 16.7 Å². The summed E-state index contributed by atoms with van der Waals surface area (Å²) in [6.07, 6.45) is 0.702. The van der Waals surface area contributed by atoms with Crippen LogP contribution < -0.4 is 11.5 Å². The quantitative estimate of drug-likeness (QED) is 0.625. The summed E-state index contributed by atoms with van der Waals surface area (Å²) in [4.78, 5) is 0. The molecule has 1 aromatic rings. The van der Waals surface area contributed by atoms with E-state index in [0.717, 1.165) is 5.56 Å². The van der Waals surface area contributed by atoms with Crippen LogP contribution in [0.4, 0.5) is 5.69 Å². The summed E-state index contributed by atoms with van der Waals surface area (Å²) in [5.74, 6) is 0. The summed E-state index contributed by atoms with van der Waals surface area (Å²) in [7, 11) is 0. The van der Waals surface area contributed by atoms with Gasteiger partial charge >= 0.3 is 0 Å². The van der Waals surface area contributed by atoms with Crippen molar-refractivity contribution in [3.63, 3.8) is 0 Å². The Balaban J connectivity index is 3.06. The van der Waals surface area contributed by atoms with E-state index in [1.165, 1.54) is 0 Å². The number of nitrogens with zero attached hydrogens (tertiary/aromatic N) is 1. The molecule has 62 valence electrons. The molecule has 4 N–H and O–H groups in total. The highest BCUT2D eigenvalue weighted by Crippen LogP contribution is 2.12. The molecule has 0 unspecified atom stereocenters. The average Bonchev–Trinajstić information content (AvgIpc) is 2.05. The zero-order valence-corrected chi connectivity index (χ0v) is 6.75. The minimum Gasteiger partial charge on any atom is -0.399 e. The Morgan fingerprint density at radius 3 is 2.75 bits per heavy atom. The summed E-state index contributed by atoms with van der Waals surface area (Å²) in [6.45, 7) is 0.540. The molecule has 3 heteroatoms. The Kier molecular flexibility index (Phi) is 2.67. The van der Waals surface area contributed by atoms with E-state index in [0.29, 0.717) is 24.2 Å². The fourth-order valence-corrected chi connectivity index (χ4v) is 1.09. The third-order valence-electron chi connectivity index (χ3n) is 1.66. The van der Waals surface area contributed by atoms with Crippen molar-refractivity contribution in [2.24, 2.45) is 5.73 Å². The second-order valence-corrected chi connectivity index (χ2v) is 2.57. The molecule has 0 amide bonds. The highest BCUT2D eigenvalue weighted by molar-refractivity contribution is 5.49. The lowest BCUT2D eigenvalue weighted by Gasteiger charge is -2.02. The van der Waals surface area contributed by atoms with Gasteiger partial charge in [-0.3, -0.25) is 0 Å². The van der Waals surface area contributed by atoms with Crippen molar-refractivity contribution in [1.82, 2.24) is 0 Å². The van der Waals surface area contributed by atoms with Crippen LogP contribution >= 0.6 is 0 Å². The summed E-state index contributed by atoms with van der Waals surface area (Å²) < 4.78 is 0. The van der Waals surface area contributed by atoms with Crippen molar-refractivity contribution in [3.05, 3.63) is 29.3 Å². The van der Waals surface area contributed by atoms with E-state index in [9.17, 15) is 0 Å². The molecule has 1 rings (SSSR count). The first kappa shape index (κ1) is 8.57. The van der Waals surface area contributed by atoms with E-state index in [-0.39, 0.29) is 0 Å². The maximum absolute atomic E-state index is 8.70. The highest BCUT2D eigenvalue weighted by Gasteiger charge is 2.00. The van der Waals surface area contributed by atoms with Gasteiger partial charge in [-0.2, -0.15) is 5.26 Å². The highest BCUT2D eigenvalue weighted by atomic mass is 14.5. The van der Waals surface area contributed by atoms with E-state index in [1.54, 1.807) is 18.2 Å². The molecule has 0 aromatic heterocycles. The van der Waals surface area contributed by atoms with Crippen LogP contribution in [0.2, 0.25) is 0 Å². The largest absolute Gasteiger partial charge is 0.399 e. The Morgan fingerprint density at radius 2 is 2.17 bits per heavy atom. The van der Waals surface area contributed by atoms with Crippen LogP contribution in [0, 0.1) is 11.3 Å². The summed E-state index contributed by atoms with van der Waals surface area (Å²) in [6, 6.07) is 7.34. The maximum atomic E-state index is 8.70. The Morgan fingerprint density at radius 1 is 1.42 bits per heavy atom. The smallest absolute Gasteiger partial charge is 0.0994 e. The molecule has 1 aromatic carbocycles. The van der Waals surface area contributed by atoms with Crippen molar-refractivity contribution >= 4 is 5.69 Å². The van der Waals surface area contributed by atoms with Crippen LogP contribution in [0.25, 0.3) is 0 Å². The summed E-state index contributed by atoms with van der Waals surface area (Å²) in [5.41, 5.74) is 13.2. The van der Waals surface area contributed by atoms with Gasteiger partial charge in [0.15, 0.2) is 0 Å². The predicted octanol–water partition coefficient (Wildman–Crippen LogP) is 0.642. The number of nitriles is 1. The monoisotopic (exact) mass is 161 g/mol. The van der Waals surface area contributed by atoms with Gasteiger partial charge in [-0.1, -0.05) is 0 Å². The van der Waals surface area contributed by atoms with Gasteiger partial charge in [0.2, 0.25) is 0 Å². The number of benzene rings is 1. The topological polar surface area (TPSA) is 75.8 Å². The number of nitrogens with two attached hydrogens (primary N) is 2. The van der Waals surface area contributed by atoms with E-state index in [2.05, 4.69) is 6.07 Å². The molecule has 0 atom stereocenters. The average molecular weight is 161 g/mol. The van der Waals surface area contributed by atoms with Crippen LogP contribution in [0.5, 0.6) is 0 Å². The normalized spacial score (nSPS) is 9.33. The van der Waals surface area contributed by atoms with Crippen molar-refractivity contribution in [2.75, 3.05) is 12.3 Å². The van der Waals surface area contributed by atoms with Crippen LogP contribution in [0.1, 0.15) is 11.1 Å². The maximum Gasteiger partial charge on any atom is 0.0994 e. The molecule has 0 aliphatic carbocycles. The minimum atomic E-state index is 0.540. The van der Waals surface area contributed by atoms with E-state index < -0.39 is 0 Å². The van der Waals surface area contributed by atoms with Gasteiger partial charge in [0, 0.05) is 5.69 Å². The molecule has 0 spiro atoms. The lowest BCUT2D eigenvalue weighted by Crippen LogP contribution is -2.04. The molecule has 0 aliphatic rings. The lowest BCUT2D eigenvalue weighted by atomic mass is 10.0. The molecule has 0 heterocycles. The second kappa shape index (κ2) is 3.74. The van der Waals surface area contributed by atoms with Gasteiger partial charge in [0.1, 0.15) is 0 Å². The summed E-state index contributed by atoms with van der Waals surface area (Å²) in [5, 5.41) is 8.70. The molecule has 0 bridgehead atoms. The SMILES string of the molecule is N#Cc1ccc(N)cc1CCN. The van der Waals surface area contributed by atoms with Crippen LogP contribution in [0.3, 0.4) is 0 Å². The third-order valence-corrected chi connectivity index (χ3v) is 1.66. The summed E-state index contributed by atoms with van der Waals surface area (Å²) >= 11 is 0. The van der Waals surface area contributed by atoms with Crippen molar-refractivity contribution in [3.8, 4) is 6.07 Å². The fraction of sp³-hybridized carbons (Fsp3) is 0.222. The number of anilines is 1. The fourth-order valence-electron chi connectivity index (χ4n) is 1.09. The van der Waals surface area contributed by atoms with Gasteiger partial charge in [-0.15, -0.1) is 0 Å². The number of rotatable bonds is 2. The third kappa shape index (κ3) is 1.74. The van der Waals surface area contributed by atoms with Gasteiger partial charge in [-0.05, 0) is 36.7 Å². The first-order chi connectivity index (χ1) is 5.77. The van der Waals surface area contributed by atoms with E-state index >= 15 is 0 Å². The van der Waals surface area contributed by atoms with Crippen LogP contribution in [-0.4, -0.2) is 6.54 Å². The molecule has 0 radical (unpaired) electrons. The Labute approximate surface area is 71.6 Å². The number of hydrogen-bond donors (Lipinski definition) is 2. The van der Waals surface area contributed by atoms with Gasteiger partial charge < -0.3 is 11.5 Å². The number of nitrogen functional groups attached to an aromatic ring is 1. The van der Waals surface area contributed by atoms with Gasteiger partial charge in [0.25, 0.3) is 0 Å². The van der Waals surface area contributed by atoms with Crippen molar-refractivity contribution in [1.29, 1.82) is 5.26 Å². The zero-order chi connectivity index (χ0) is 8.97. The standard InChI is InChI=1S/C9H11N3/c10-4-3-7-5-9(12)2-1-8(7)6-11/h1-2,5H,3-4,10,12H2. The van der Waals surface area contributed by atoms with Crippen molar-refractivity contribution < 1.29 is 0 Å². The first-order valence-corrected chi connectivity index (χ1v) is 3.76. The number of hydrogen-bond acceptors (Lipinski definition) is 3. The zero-order valence-electron chi connectivity index (χ0n) is 6.75. The van der Waals surface area contributed by atoms with Crippen LogP contribution in [0.15, 0.2) is 18.2 Å². The molecule has 0 aliphatic heterocycles. The van der Waals surface area contributed by atoms with Crippen molar-refractivity contribution in [2.45, 2.75) is 6.42 Å². The molecule has 0 saturated carbocycles. The molecule has 12 heavy (non-hydrogen) atoms. The minimum absolute atomic E-state index is 0.540. The van der Waals surface area contributed by atoms with E-state index in [1.807, 2.05) is 0 Å². The first-order valence-electron chi connectivity index (χ1n) is 3.76. The van der Waals surface area contributed by atoms with Crippen LogP contribution in [-0.2, 0) is 6.42 Å². The lowest BCUT2D eigenvalue weighted by molar-refractivity contribution is 0.965.